The van der Waals surface area contributed by atoms with E-state index in [1.165, 1.54) is 49.1 Å². The van der Waals surface area contributed by atoms with E-state index in [4.69, 9.17) is 4.74 Å². The molecule has 1 N–H and O–H groups in total. The maximum absolute atomic E-state index is 13.5. The molecule has 2 unspecified atom stereocenters. The Morgan fingerprint density at radius 2 is 1.55 bits per heavy atom. The van der Waals surface area contributed by atoms with E-state index in [1.54, 1.807) is 7.11 Å². The Hall–Kier alpha value is -2.32. The number of hydrogen-bond acceptors (Lipinski definition) is 5. The van der Waals surface area contributed by atoms with E-state index < -0.39 is 5.54 Å². The van der Waals surface area contributed by atoms with Crippen molar-refractivity contribution in [1.29, 1.82) is 0 Å². The van der Waals surface area contributed by atoms with Gasteiger partial charge >= 0.3 is 6.03 Å². The Morgan fingerprint density at radius 1 is 0.857 bits per heavy atom. The van der Waals surface area contributed by atoms with Crippen molar-refractivity contribution in [3.05, 3.63) is 65.7 Å². The highest BCUT2D eigenvalue weighted by Gasteiger charge is 2.52. The van der Waals surface area contributed by atoms with E-state index in [0.29, 0.717) is 24.7 Å². The average molecular weight is 618 g/mol. The lowest BCUT2D eigenvalue weighted by molar-refractivity contribution is -0.133. The van der Waals surface area contributed by atoms with Gasteiger partial charge < -0.3 is 19.9 Å². The Kier molecular flexibility index (Phi) is 11.2. The molecule has 2 aromatic carbocycles. The lowest BCUT2D eigenvalue weighted by atomic mass is 9.85. The van der Waals surface area contributed by atoms with Crippen molar-refractivity contribution in [1.82, 2.24) is 20.0 Å². The zero-order valence-corrected chi connectivity index (χ0v) is 26.3. The second kappa shape index (κ2) is 14.4. The number of likely N-dealkylation sites (tertiary alicyclic amines) is 2. The van der Waals surface area contributed by atoms with E-state index in [0.717, 1.165) is 50.0 Å². The number of nitrogens with zero attached hydrogens (tertiary/aromatic N) is 3. The largest absolute Gasteiger partial charge is 0.497 e. The fourth-order valence-electron chi connectivity index (χ4n) is 7.63. The highest BCUT2D eigenvalue weighted by molar-refractivity contribution is 6.07. The molecule has 4 aliphatic rings. The number of methoxy groups -OCH3 is 1. The molecule has 4 fully saturated rings. The van der Waals surface area contributed by atoms with Crippen LogP contribution in [0.1, 0.15) is 62.0 Å². The van der Waals surface area contributed by atoms with Crippen LogP contribution >= 0.6 is 24.8 Å². The summed E-state index contributed by atoms with van der Waals surface area (Å²) in [7, 11) is 1.63. The predicted molar refractivity (Wildman–Crippen MR) is 171 cm³/mol. The van der Waals surface area contributed by atoms with E-state index in [2.05, 4.69) is 45.4 Å². The van der Waals surface area contributed by atoms with E-state index in [9.17, 15) is 9.59 Å². The second-order valence-electron chi connectivity index (χ2n) is 12.6. The zero-order chi connectivity index (χ0) is 27.5. The van der Waals surface area contributed by atoms with Crippen LogP contribution in [0.25, 0.3) is 0 Å². The number of carbonyl (C=O) groups excluding carboxylic acids is 2. The molecule has 0 radical (unpaired) electrons. The maximum atomic E-state index is 13.5. The fourth-order valence-corrected chi connectivity index (χ4v) is 7.63. The first-order chi connectivity index (χ1) is 19.5. The number of carbonyl (C=O) groups is 2. The van der Waals surface area contributed by atoms with Gasteiger partial charge in [-0.05, 0) is 60.8 Å². The lowest BCUT2D eigenvalue weighted by Crippen LogP contribution is -2.55. The summed E-state index contributed by atoms with van der Waals surface area (Å²) in [4.78, 5) is 33.1. The van der Waals surface area contributed by atoms with E-state index in [-0.39, 0.29) is 43.3 Å². The molecule has 230 valence electrons. The molecule has 9 heteroatoms. The molecule has 42 heavy (non-hydrogen) atoms. The van der Waals surface area contributed by atoms with Gasteiger partial charge in [0.15, 0.2) is 0 Å². The molecule has 3 amide bonds. The second-order valence-corrected chi connectivity index (χ2v) is 12.6. The molecule has 1 aliphatic carbocycles. The van der Waals surface area contributed by atoms with Crippen molar-refractivity contribution >= 4 is 36.8 Å². The summed E-state index contributed by atoms with van der Waals surface area (Å²) >= 11 is 0. The summed E-state index contributed by atoms with van der Waals surface area (Å²) in [6.45, 7) is 6.56. The van der Waals surface area contributed by atoms with Gasteiger partial charge in [0.05, 0.1) is 13.7 Å². The number of nitrogens with one attached hydrogen (secondary N) is 1. The molecule has 2 atom stereocenters. The third kappa shape index (κ3) is 7.07. The average Bonchev–Trinajstić information content (AvgIpc) is 3.49. The third-order valence-electron chi connectivity index (χ3n) is 9.93. The van der Waals surface area contributed by atoms with Gasteiger partial charge in [0.25, 0.3) is 5.91 Å². The number of imide groups is 1. The molecule has 7 nitrogen and oxygen atoms in total. The summed E-state index contributed by atoms with van der Waals surface area (Å²) in [5.41, 5.74) is 1.62. The molecular formula is C33H46Cl2N4O3. The van der Waals surface area contributed by atoms with Crippen molar-refractivity contribution in [2.24, 2.45) is 11.8 Å². The minimum absolute atomic E-state index is 0. The first-order valence-electron chi connectivity index (χ1n) is 15.3. The lowest BCUT2D eigenvalue weighted by Gasteiger charge is -2.39. The van der Waals surface area contributed by atoms with E-state index in [1.807, 2.05) is 24.3 Å². The number of hydrogen-bond donors (Lipinski definition) is 1. The fraction of sp³-hybridized carbons (Fsp3) is 0.576. The molecule has 6 rings (SSSR count). The summed E-state index contributed by atoms with van der Waals surface area (Å²) in [6, 6.07) is 18.3. The number of urea groups is 1. The molecule has 3 heterocycles. The van der Waals surface area contributed by atoms with Crippen LogP contribution in [0.4, 0.5) is 4.79 Å². The molecule has 1 saturated carbocycles. The van der Waals surface area contributed by atoms with Gasteiger partial charge in [0, 0.05) is 45.2 Å². The van der Waals surface area contributed by atoms with Gasteiger partial charge in [-0.3, -0.25) is 9.69 Å². The Bertz CT molecular complexity index is 1170. The SMILES string of the molecule is COc1ccc(CN2C(=O)NC3(CCN(CC4CN(CC5CCCCC5)CC4c4ccccc4)CC3)C2=O)cc1.Cl.Cl. The summed E-state index contributed by atoms with van der Waals surface area (Å²) < 4.78 is 5.23. The van der Waals surface area contributed by atoms with Crippen LogP contribution in [0.2, 0.25) is 0 Å². The first-order valence-corrected chi connectivity index (χ1v) is 15.3. The highest BCUT2D eigenvalue weighted by Crippen LogP contribution is 2.37. The van der Waals surface area contributed by atoms with Crippen molar-refractivity contribution in [3.8, 4) is 5.75 Å². The van der Waals surface area contributed by atoms with Crippen LogP contribution < -0.4 is 10.1 Å². The Balaban J connectivity index is 0.00000202. The van der Waals surface area contributed by atoms with Crippen LogP contribution in [0.5, 0.6) is 5.75 Å². The Morgan fingerprint density at radius 3 is 2.21 bits per heavy atom. The molecule has 1 spiro atoms. The number of halogens is 2. The number of rotatable bonds is 8. The number of benzene rings is 2. The normalized spacial score (nSPS) is 24.7. The minimum Gasteiger partial charge on any atom is -0.497 e. The van der Waals surface area contributed by atoms with Crippen LogP contribution in [-0.4, -0.2) is 78.6 Å². The molecule has 2 aromatic rings. The van der Waals surface area contributed by atoms with Crippen LogP contribution in [0.15, 0.2) is 54.6 Å². The van der Waals surface area contributed by atoms with Gasteiger partial charge in [0.1, 0.15) is 11.3 Å². The van der Waals surface area contributed by atoms with Crippen molar-refractivity contribution in [2.75, 3.05) is 46.4 Å². The summed E-state index contributed by atoms with van der Waals surface area (Å²) in [6.07, 6.45) is 8.32. The minimum atomic E-state index is -0.762. The van der Waals surface area contributed by atoms with Gasteiger partial charge in [-0.15, -0.1) is 24.8 Å². The zero-order valence-electron chi connectivity index (χ0n) is 24.7. The number of piperidine rings is 1. The van der Waals surface area contributed by atoms with Gasteiger partial charge in [-0.2, -0.15) is 0 Å². The highest BCUT2D eigenvalue weighted by atomic mass is 35.5. The van der Waals surface area contributed by atoms with Crippen LogP contribution in [0, 0.1) is 11.8 Å². The summed E-state index contributed by atoms with van der Waals surface area (Å²) in [5, 5.41) is 3.09. The molecule has 3 aliphatic heterocycles. The molecule has 0 bridgehead atoms. The quantitative estimate of drug-likeness (QED) is 0.384. The maximum Gasteiger partial charge on any atom is 0.325 e. The molecule has 3 saturated heterocycles. The smallest absolute Gasteiger partial charge is 0.325 e. The van der Waals surface area contributed by atoms with E-state index >= 15 is 0 Å². The Labute approximate surface area is 263 Å². The van der Waals surface area contributed by atoms with Gasteiger partial charge in [-0.25, -0.2) is 4.79 Å². The van der Waals surface area contributed by atoms with Crippen molar-refractivity contribution in [2.45, 2.75) is 62.9 Å². The number of amides is 3. The van der Waals surface area contributed by atoms with Gasteiger partial charge in [0.2, 0.25) is 0 Å². The van der Waals surface area contributed by atoms with Crippen LogP contribution in [0.3, 0.4) is 0 Å². The van der Waals surface area contributed by atoms with Crippen molar-refractivity contribution < 1.29 is 14.3 Å². The monoisotopic (exact) mass is 616 g/mol. The molecular weight excluding hydrogens is 571 g/mol. The van der Waals surface area contributed by atoms with Gasteiger partial charge in [-0.1, -0.05) is 61.7 Å². The standard InChI is InChI=1S/C33H44N4O3.2ClH/c1-40-29-14-12-26(13-15-29)21-37-31(38)33(34-32(37)39)16-18-35(19-17-33)22-28-23-36(20-25-8-4-2-5-9-25)24-30(28)27-10-6-3-7-11-27;;/h3,6-7,10-15,25,28,30H,2,4-5,8-9,16-24H2,1H3,(H,34,39);2*1H. The number of ether oxygens (including phenoxy) is 1. The van der Waals surface area contributed by atoms with Crippen LogP contribution in [-0.2, 0) is 11.3 Å². The topological polar surface area (TPSA) is 65.1 Å². The third-order valence-corrected chi connectivity index (χ3v) is 9.93. The summed E-state index contributed by atoms with van der Waals surface area (Å²) in [5.74, 6) is 2.68. The molecule has 0 aromatic heterocycles. The first kappa shape index (κ1) is 32.6. The van der Waals surface area contributed by atoms with Crippen molar-refractivity contribution in [3.63, 3.8) is 0 Å². The predicted octanol–water partition coefficient (Wildman–Crippen LogP) is 5.72.